The van der Waals surface area contributed by atoms with Gasteiger partial charge in [-0.25, -0.2) is 0 Å². The molecular formula is C21H15N5OS. The standard InChI is InChI=1S/C21H15N5OS/c22-21-26-25-20(27-21)18-10-16-17(11-23-12-19(16)28-18)24-15-8-6-14(7-9-15)13-4-2-1-3-5-13/h1-12,24H,(H2,22,26). The van der Waals surface area contributed by atoms with Crippen LogP contribution in [0.1, 0.15) is 0 Å². The summed E-state index contributed by atoms with van der Waals surface area (Å²) in [7, 11) is 0. The van der Waals surface area contributed by atoms with Gasteiger partial charge in [-0.05, 0) is 29.3 Å². The summed E-state index contributed by atoms with van der Waals surface area (Å²) >= 11 is 1.53. The first-order chi connectivity index (χ1) is 13.8. The molecule has 5 aromatic rings. The SMILES string of the molecule is Nc1nnc(-c2cc3c(Nc4ccc(-c5ccccc5)cc4)cncc3s2)o1. The molecule has 6 nitrogen and oxygen atoms in total. The summed E-state index contributed by atoms with van der Waals surface area (Å²) in [5.74, 6) is 0.414. The van der Waals surface area contributed by atoms with Crippen LogP contribution >= 0.6 is 11.3 Å². The van der Waals surface area contributed by atoms with Crippen LogP contribution in [-0.2, 0) is 0 Å². The number of thiophene rings is 1. The molecule has 2 aromatic carbocycles. The topological polar surface area (TPSA) is 89.9 Å². The largest absolute Gasteiger partial charge is 0.403 e. The smallest absolute Gasteiger partial charge is 0.313 e. The first kappa shape index (κ1) is 16.5. The minimum absolute atomic E-state index is 0.0578. The van der Waals surface area contributed by atoms with Crippen molar-refractivity contribution in [1.82, 2.24) is 15.2 Å². The Morgan fingerprint density at radius 2 is 1.68 bits per heavy atom. The normalized spacial score (nSPS) is 11.0. The van der Waals surface area contributed by atoms with Gasteiger partial charge in [-0.1, -0.05) is 47.6 Å². The summed E-state index contributed by atoms with van der Waals surface area (Å²) in [5, 5.41) is 12.2. The van der Waals surface area contributed by atoms with E-state index in [1.54, 1.807) is 0 Å². The molecule has 3 aromatic heterocycles. The maximum atomic E-state index is 5.54. The molecule has 136 valence electrons. The Balaban J connectivity index is 1.46. The molecule has 0 fully saturated rings. The first-order valence-electron chi connectivity index (χ1n) is 8.66. The number of nitrogens with zero attached hydrogens (tertiary/aromatic N) is 3. The lowest BCUT2D eigenvalue weighted by atomic mass is 10.1. The molecule has 0 radical (unpaired) electrons. The van der Waals surface area contributed by atoms with Crippen molar-refractivity contribution in [3.8, 4) is 21.9 Å². The van der Waals surface area contributed by atoms with Crippen LogP contribution in [0.4, 0.5) is 17.4 Å². The van der Waals surface area contributed by atoms with E-state index < -0.39 is 0 Å². The van der Waals surface area contributed by atoms with E-state index in [4.69, 9.17) is 10.2 Å². The number of pyridine rings is 1. The van der Waals surface area contributed by atoms with Crippen LogP contribution in [-0.4, -0.2) is 15.2 Å². The fourth-order valence-electron chi connectivity index (χ4n) is 3.03. The molecule has 0 aliphatic carbocycles. The zero-order valence-corrected chi connectivity index (χ0v) is 15.5. The second-order valence-electron chi connectivity index (χ2n) is 6.22. The van der Waals surface area contributed by atoms with Gasteiger partial charge >= 0.3 is 6.01 Å². The molecule has 5 rings (SSSR count). The van der Waals surface area contributed by atoms with E-state index in [1.165, 1.54) is 22.5 Å². The fourth-order valence-corrected chi connectivity index (χ4v) is 4.01. The number of rotatable bonds is 4. The van der Waals surface area contributed by atoms with Crippen LogP contribution in [0.5, 0.6) is 0 Å². The fraction of sp³-hybridized carbons (Fsp3) is 0. The third-order valence-electron chi connectivity index (χ3n) is 4.37. The van der Waals surface area contributed by atoms with Gasteiger partial charge in [-0.2, -0.15) is 0 Å². The van der Waals surface area contributed by atoms with Crippen LogP contribution in [0.3, 0.4) is 0 Å². The Hall–Kier alpha value is -3.71. The number of hydrogen-bond donors (Lipinski definition) is 2. The van der Waals surface area contributed by atoms with E-state index in [1.807, 2.05) is 36.7 Å². The summed E-state index contributed by atoms with van der Waals surface area (Å²) in [6.07, 6.45) is 3.64. The van der Waals surface area contributed by atoms with Crippen molar-refractivity contribution in [3.63, 3.8) is 0 Å². The molecule has 7 heteroatoms. The zero-order chi connectivity index (χ0) is 18.9. The van der Waals surface area contributed by atoms with Crippen LogP contribution in [0.25, 0.3) is 32.0 Å². The molecule has 3 N–H and O–H groups in total. The highest BCUT2D eigenvalue weighted by atomic mass is 32.1. The predicted molar refractivity (Wildman–Crippen MR) is 112 cm³/mol. The highest BCUT2D eigenvalue weighted by Gasteiger charge is 2.13. The van der Waals surface area contributed by atoms with Gasteiger partial charge in [0.05, 0.1) is 21.5 Å². The number of benzene rings is 2. The molecule has 0 unspecified atom stereocenters. The minimum atomic E-state index is 0.0578. The van der Waals surface area contributed by atoms with Gasteiger partial charge in [0.15, 0.2) is 0 Å². The molecule has 0 amide bonds. The average Bonchev–Trinajstić information content (AvgIpc) is 3.36. The number of aromatic nitrogens is 3. The van der Waals surface area contributed by atoms with E-state index in [0.717, 1.165) is 26.3 Å². The number of anilines is 3. The van der Waals surface area contributed by atoms with Crippen LogP contribution in [0.2, 0.25) is 0 Å². The van der Waals surface area contributed by atoms with Crippen molar-refractivity contribution in [2.75, 3.05) is 11.1 Å². The first-order valence-corrected chi connectivity index (χ1v) is 9.47. The summed E-state index contributed by atoms with van der Waals surface area (Å²) < 4.78 is 6.36. The Kier molecular flexibility index (Phi) is 3.99. The Labute approximate surface area is 164 Å². The van der Waals surface area contributed by atoms with Crippen molar-refractivity contribution in [2.24, 2.45) is 0 Å². The Bertz CT molecular complexity index is 1250. The molecule has 0 aliphatic rings. The van der Waals surface area contributed by atoms with E-state index in [2.05, 4.69) is 56.9 Å². The molecule has 0 spiro atoms. The molecule has 3 heterocycles. The highest BCUT2D eigenvalue weighted by molar-refractivity contribution is 7.22. The number of nitrogens with two attached hydrogens (primary N) is 1. The van der Waals surface area contributed by atoms with Gasteiger partial charge in [-0.3, -0.25) is 4.98 Å². The van der Waals surface area contributed by atoms with Crippen molar-refractivity contribution in [3.05, 3.63) is 73.1 Å². The Morgan fingerprint density at radius 3 is 2.43 bits per heavy atom. The quantitative estimate of drug-likeness (QED) is 0.434. The van der Waals surface area contributed by atoms with Gasteiger partial charge in [0.2, 0.25) is 0 Å². The Morgan fingerprint density at radius 1 is 0.893 bits per heavy atom. The van der Waals surface area contributed by atoms with Crippen LogP contribution in [0, 0.1) is 0 Å². The summed E-state index contributed by atoms with van der Waals surface area (Å²) in [6.45, 7) is 0. The molecule has 0 saturated carbocycles. The lowest BCUT2D eigenvalue weighted by Gasteiger charge is -2.08. The van der Waals surface area contributed by atoms with Gasteiger partial charge in [-0.15, -0.1) is 16.4 Å². The van der Waals surface area contributed by atoms with E-state index in [0.29, 0.717) is 5.89 Å². The number of fused-ring (bicyclic) bond motifs is 1. The second-order valence-corrected chi connectivity index (χ2v) is 7.31. The van der Waals surface area contributed by atoms with Gasteiger partial charge in [0.1, 0.15) is 0 Å². The lowest BCUT2D eigenvalue weighted by Crippen LogP contribution is -1.91. The van der Waals surface area contributed by atoms with Crippen LogP contribution in [0.15, 0.2) is 77.5 Å². The lowest BCUT2D eigenvalue weighted by molar-refractivity contribution is 0.592. The van der Waals surface area contributed by atoms with E-state index in [9.17, 15) is 0 Å². The van der Waals surface area contributed by atoms with Crippen molar-refractivity contribution >= 4 is 38.8 Å². The molecular weight excluding hydrogens is 370 g/mol. The maximum absolute atomic E-state index is 5.54. The third kappa shape index (κ3) is 3.08. The van der Waals surface area contributed by atoms with Crippen molar-refractivity contribution in [1.29, 1.82) is 0 Å². The second kappa shape index (κ2) is 6.79. The summed E-state index contributed by atoms with van der Waals surface area (Å²) in [4.78, 5) is 5.20. The van der Waals surface area contributed by atoms with Crippen molar-refractivity contribution < 1.29 is 4.42 Å². The van der Waals surface area contributed by atoms with Crippen molar-refractivity contribution in [2.45, 2.75) is 0 Å². The monoisotopic (exact) mass is 385 g/mol. The third-order valence-corrected chi connectivity index (χ3v) is 5.43. The molecule has 0 saturated heterocycles. The predicted octanol–water partition coefficient (Wildman–Crippen LogP) is 5.34. The average molecular weight is 385 g/mol. The summed E-state index contributed by atoms with van der Waals surface area (Å²) in [5.41, 5.74) is 9.81. The molecule has 0 aliphatic heterocycles. The zero-order valence-electron chi connectivity index (χ0n) is 14.7. The van der Waals surface area contributed by atoms with E-state index >= 15 is 0 Å². The number of nitrogens with one attached hydrogen (secondary N) is 1. The van der Waals surface area contributed by atoms with Gasteiger partial charge < -0.3 is 15.5 Å². The molecule has 28 heavy (non-hydrogen) atoms. The number of hydrogen-bond acceptors (Lipinski definition) is 7. The minimum Gasteiger partial charge on any atom is -0.403 e. The maximum Gasteiger partial charge on any atom is 0.313 e. The summed E-state index contributed by atoms with van der Waals surface area (Å²) in [6, 6.07) is 20.7. The number of nitrogen functional groups attached to an aromatic ring is 1. The van der Waals surface area contributed by atoms with Gasteiger partial charge in [0.25, 0.3) is 5.89 Å². The molecule has 0 atom stereocenters. The van der Waals surface area contributed by atoms with E-state index in [-0.39, 0.29) is 6.01 Å². The highest BCUT2D eigenvalue weighted by Crippen LogP contribution is 2.37. The van der Waals surface area contributed by atoms with Crippen LogP contribution < -0.4 is 11.1 Å². The molecule has 0 bridgehead atoms. The van der Waals surface area contributed by atoms with Gasteiger partial charge in [0, 0.05) is 17.3 Å².